The maximum absolute atomic E-state index is 14.3. The first kappa shape index (κ1) is 30.0. The predicted octanol–water partition coefficient (Wildman–Crippen LogP) is 10.7. The summed E-state index contributed by atoms with van der Waals surface area (Å²) in [5, 5.41) is 7.43. The highest BCUT2D eigenvalue weighted by Crippen LogP contribution is 2.43. The fraction of sp³-hybridized carbons (Fsp3) is 0.300. The number of hydrogen-bond donors (Lipinski definition) is 0. The third kappa shape index (κ3) is 5.40. The van der Waals surface area contributed by atoms with Crippen LogP contribution >= 0.6 is 0 Å². The summed E-state index contributed by atoms with van der Waals surface area (Å²) in [5.41, 5.74) is 8.36. The zero-order valence-corrected chi connectivity index (χ0v) is 27.1. The van der Waals surface area contributed by atoms with Crippen molar-refractivity contribution in [2.24, 2.45) is 5.92 Å². The van der Waals surface area contributed by atoms with Crippen LogP contribution < -0.4 is 4.74 Å². The quantitative estimate of drug-likeness (QED) is 0.153. The van der Waals surface area contributed by atoms with Crippen molar-refractivity contribution in [3.63, 3.8) is 0 Å². The minimum atomic E-state index is -0.324. The van der Waals surface area contributed by atoms with Crippen LogP contribution in [0, 0.1) is 11.7 Å². The van der Waals surface area contributed by atoms with E-state index in [1.165, 1.54) is 47.3 Å². The van der Waals surface area contributed by atoms with Gasteiger partial charge < -0.3 is 4.74 Å². The molecule has 0 aliphatic heterocycles. The van der Waals surface area contributed by atoms with E-state index in [1.807, 2.05) is 47.0 Å². The van der Waals surface area contributed by atoms with Crippen molar-refractivity contribution in [3.8, 4) is 23.0 Å². The summed E-state index contributed by atoms with van der Waals surface area (Å²) >= 11 is 0. The van der Waals surface area contributed by atoms with Crippen LogP contribution in [0.3, 0.4) is 0 Å². The van der Waals surface area contributed by atoms with E-state index in [4.69, 9.17) is 9.84 Å². The lowest BCUT2D eigenvalue weighted by molar-refractivity contribution is 0.445. The fourth-order valence-corrected chi connectivity index (χ4v) is 7.41. The van der Waals surface area contributed by atoms with E-state index in [1.54, 1.807) is 0 Å². The molecular weight excluding hydrogens is 571 g/mol. The lowest BCUT2D eigenvalue weighted by atomic mass is 9.74. The minimum absolute atomic E-state index is 0.324. The van der Waals surface area contributed by atoms with Crippen LogP contribution in [-0.4, -0.2) is 19.3 Å². The molecule has 1 aliphatic carbocycles. The number of para-hydroxylation sites is 1. The summed E-state index contributed by atoms with van der Waals surface area (Å²) in [6, 6.07) is 25.3. The molecule has 6 aromatic rings. The maximum Gasteiger partial charge on any atom is 0.140 e. The van der Waals surface area contributed by atoms with Crippen molar-refractivity contribution < 1.29 is 9.13 Å². The Bertz CT molecular complexity index is 2070. The summed E-state index contributed by atoms with van der Waals surface area (Å²) in [6.07, 6.45) is 10.4. The number of fused-ring (bicyclic) bond motifs is 3. The predicted molar refractivity (Wildman–Crippen MR) is 185 cm³/mol. The lowest BCUT2D eigenvalue weighted by Crippen LogP contribution is -2.18. The highest BCUT2D eigenvalue weighted by molar-refractivity contribution is 6.09. The normalized spacial score (nSPS) is 16.7. The molecule has 5 nitrogen and oxygen atoms in total. The molecule has 0 saturated heterocycles. The Kier molecular flexibility index (Phi) is 8.20. The second-order valence-electron chi connectivity index (χ2n) is 12.7. The number of ether oxygens (including phenoxy) is 1. The van der Waals surface area contributed by atoms with Gasteiger partial charge in [-0.1, -0.05) is 69.5 Å². The highest BCUT2D eigenvalue weighted by Gasteiger charge is 2.31. The second kappa shape index (κ2) is 12.6. The van der Waals surface area contributed by atoms with Crippen molar-refractivity contribution in [3.05, 3.63) is 119 Å². The van der Waals surface area contributed by atoms with Gasteiger partial charge in [-0.3, -0.25) is 4.57 Å². The van der Waals surface area contributed by atoms with E-state index in [9.17, 15) is 4.39 Å². The number of aromatic nitrogens is 4. The molecule has 0 amide bonds. The average Bonchev–Trinajstić information content (AvgIpc) is 3.57. The first-order chi connectivity index (χ1) is 22.5. The Morgan fingerprint density at radius 1 is 0.870 bits per heavy atom. The Labute approximate surface area is 270 Å². The van der Waals surface area contributed by atoms with Gasteiger partial charge in [0, 0.05) is 52.3 Å². The van der Waals surface area contributed by atoms with Gasteiger partial charge in [0.1, 0.15) is 23.1 Å². The molecule has 0 bridgehead atoms. The standard InChI is InChI=1S/C40H41FN4O/c1-5-11-34-40(39-26(3)13-9-14-27(39)4)36(12-6-2)45(43-34)29-15-10-16-30(24-29)46-31-19-20-33-32-17-7-8-18-35(32)44(37(33)25-31)38-23-28(41)21-22-42-38/h7-8,10,13,15-25,27,39H,5-6,9,11-12,14H2,1-4H3/t27-,39?/m0/s1. The van der Waals surface area contributed by atoms with Crippen molar-refractivity contribution in [2.45, 2.75) is 72.1 Å². The number of pyridine rings is 1. The third-order valence-corrected chi connectivity index (χ3v) is 9.41. The molecule has 0 spiro atoms. The van der Waals surface area contributed by atoms with Crippen LogP contribution in [0.5, 0.6) is 11.5 Å². The van der Waals surface area contributed by atoms with E-state index < -0.39 is 0 Å². The van der Waals surface area contributed by atoms with Crippen molar-refractivity contribution in [1.29, 1.82) is 0 Å². The van der Waals surface area contributed by atoms with Crippen LogP contribution in [-0.2, 0) is 12.8 Å². The van der Waals surface area contributed by atoms with E-state index in [-0.39, 0.29) is 5.82 Å². The number of nitrogens with zero attached hydrogens (tertiary/aromatic N) is 4. The molecule has 46 heavy (non-hydrogen) atoms. The topological polar surface area (TPSA) is 44.9 Å². The number of benzene rings is 3. The molecule has 0 saturated carbocycles. The van der Waals surface area contributed by atoms with E-state index in [2.05, 4.69) is 67.7 Å². The van der Waals surface area contributed by atoms with Crippen molar-refractivity contribution >= 4 is 21.8 Å². The first-order valence-electron chi connectivity index (χ1n) is 16.7. The van der Waals surface area contributed by atoms with Crippen LogP contribution in [0.25, 0.3) is 33.3 Å². The molecule has 3 heterocycles. The second-order valence-corrected chi connectivity index (χ2v) is 12.7. The summed E-state index contributed by atoms with van der Waals surface area (Å²) < 4.78 is 25.0. The van der Waals surface area contributed by atoms with E-state index >= 15 is 0 Å². The largest absolute Gasteiger partial charge is 0.457 e. The number of rotatable bonds is 9. The average molecular weight is 613 g/mol. The number of allylic oxidation sites excluding steroid dienone is 2. The summed E-state index contributed by atoms with van der Waals surface area (Å²) in [7, 11) is 0. The minimum Gasteiger partial charge on any atom is -0.457 e. The molecule has 0 radical (unpaired) electrons. The zero-order chi connectivity index (χ0) is 31.8. The molecule has 2 atom stereocenters. The van der Waals surface area contributed by atoms with Crippen molar-refractivity contribution in [1.82, 2.24) is 19.3 Å². The molecule has 3 aromatic heterocycles. The molecule has 3 aromatic carbocycles. The highest BCUT2D eigenvalue weighted by atomic mass is 19.1. The molecular formula is C40H41FN4O. The third-order valence-electron chi connectivity index (χ3n) is 9.41. The Balaban J connectivity index is 1.30. The number of halogens is 1. The molecule has 234 valence electrons. The number of hydrogen-bond acceptors (Lipinski definition) is 3. The zero-order valence-electron chi connectivity index (χ0n) is 27.1. The molecule has 0 N–H and O–H groups in total. The molecule has 0 fully saturated rings. The van der Waals surface area contributed by atoms with Crippen molar-refractivity contribution in [2.75, 3.05) is 0 Å². The van der Waals surface area contributed by atoms with E-state index in [0.717, 1.165) is 65.3 Å². The van der Waals surface area contributed by atoms with Crippen LogP contribution in [0.2, 0.25) is 0 Å². The van der Waals surface area contributed by atoms with E-state index in [0.29, 0.717) is 23.4 Å². The van der Waals surface area contributed by atoms with Gasteiger partial charge in [-0.05, 0) is 74.9 Å². The molecule has 1 aliphatic rings. The SMILES string of the molecule is CCCc1nn(-c2cccc(Oc3ccc4c5ccccc5n(-c5cc(F)ccn5)c4c3)c2)c(CCC)c1C1C(C)=CCC[C@@H]1C. The summed E-state index contributed by atoms with van der Waals surface area (Å²) in [6.45, 7) is 9.20. The summed E-state index contributed by atoms with van der Waals surface area (Å²) in [5.74, 6) is 2.65. The number of aryl methyl sites for hydroxylation is 1. The van der Waals surface area contributed by atoms with Gasteiger partial charge >= 0.3 is 0 Å². The smallest absolute Gasteiger partial charge is 0.140 e. The van der Waals surface area contributed by atoms with Crippen LogP contribution in [0.1, 0.15) is 76.2 Å². The van der Waals surface area contributed by atoms with Gasteiger partial charge in [0.2, 0.25) is 0 Å². The molecule has 7 rings (SSSR count). The van der Waals surface area contributed by atoms with Gasteiger partial charge in [0.05, 0.1) is 22.4 Å². The fourth-order valence-electron chi connectivity index (χ4n) is 7.41. The van der Waals surface area contributed by atoms with Crippen LogP contribution in [0.15, 0.2) is 96.7 Å². The maximum atomic E-state index is 14.3. The van der Waals surface area contributed by atoms with Gasteiger partial charge in [-0.25, -0.2) is 14.1 Å². The monoisotopic (exact) mass is 612 g/mol. The Hall–Kier alpha value is -4.71. The van der Waals surface area contributed by atoms with Crippen LogP contribution in [0.4, 0.5) is 4.39 Å². The first-order valence-corrected chi connectivity index (χ1v) is 16.7. The Morgan fingerprint density at radius 2 is 1.67 bits per heavy atom. The van der Waals surface area contributed by atoms with Gasteiger partial charge in [0.15, 0.2) is 0 Å². The van der Waals surface area contributed by atoms with Gasteiger partial charge in [0.25, 0.3) is 0 Å². The van der Waals surface area contributed by atoms with Gasteiger partial charge in [-0.15, -0.1) is 0 Å². The molecule has 6 heteroatoms. The molecule has 1 unspecified atom stereocenters. The lowest BCUT2D eigenvalue weighted by Gasteiger charge is -2.30. The summed E-state index contributed by atoms with van der Waals surface area (Å²) in [4.78, 5) is 4.50. The van der Waals surface area contributed by atoms with Gasteiger partial charge in [-0.2, -0.15) is 5.10 Å². The Morgan fingerprint density at radius 3 is 2.48 bits per heavy atom.